The Hall–Kier alpha value is -2.41. The van der Waals surface area contributed by atoms with Gasteiger partial charge in [-0.2, -0.15) is 0 Å². The highest BCUT2D eigenvalue weighted by molar-refractivity contribution is 6.31. The summed E-state index contributed by atoms with van der Waals surface area (Å²) in [6, 6.07) is 5.47. The molecule has 0 aliphatic heterocycles. The summed E-state index contributed by atoms with van der Waals surface area (Å²) in [5.74, 6) is 0.0603. The summed E-state index contributed by atoms with van der Waals surface area (Å²) < 4.78 is 5.21. The molecule has 1 aromatic carbocycles. The van der Waals surface area contributed by atoms with Crippen LogP contribution >= 0.6 is 11.6 Å². The number of H-pyrrole nitrogens is 1. The molecular weight excluding hydrogens is 262 g/mol. The van der Waals surface area contributed by atoms with Gasteiger partial charge in [0.2, 0.25) is 5.88 Å². The van der Waals surface area contributed by atoms with E-state index >= 15 is 0 Å². The molecule has 2 aromatic rings. The largest absolute Gasteiger partial charge is 0.437 e. The smallest absolute Gasteiger partial charge is 0.273 e. The quantitative estimate of drug-likeness (QED) is 0.678. The van der Waals surface area contributed by atoms with Crippen LogP contribution in [0.25, 0.3) is 0 Å². The number of nitro benzene ring substituents is 1. The number of nitrogens with one attached hydrogen (secondary N) is 1. The number of aromatic amines is 1. The lowest BCUT2D eigenvalue weighted by Gasteiger charge is -2.04. The van der Waals surface area contributed by atoms with Crippen LogP contribution in [0.3, 0.4) is 0 Å². The third-order valence-electron chi connectivity index (χ3n) is 2.01. The topological polar surface area (TPSA) is 98.1 Å². The molecule has 0 spiro atoms. The zero-order chi connectivity index (χ0) is 13.1. The van der Waals surface area contributed by atoms with Crippen LogP contribution in [0.4, 0.5) is 5.69 Å². The average molecular weight is 268 g/mol. The normalized spacial score (nSPS) is 10.1. The maximum absolute atomic E-state index is 11.2. The molecule has 0 aliphatic rings. The molecule has 92 valence electrons. The number of benzene rings is 1. The minimum absolute atomic E-state index is 0.110. The van der Waals surface area contributed by atoms with Crippen molar-refractivity contribution in [2.45, 2.75) is 0 Å². The summed E-state index contributed by atoms with van der Waals surface area (Å²) in [5, 5.41) is 10.4. The summed E-state index contributed by atoms with van der Waals surface area (Å²) in [7, 11) is 0. The van der Waals surface area contributed by atoms with E-state index in [0.717, 1.165) is 6.33 Å². The van der Waals surface area contributed by atoms with Gasteiger partial charge in [-0.05, 0) is 6.07 Å². The Morgan fingerprint density at radius 2 is 2.22 bits per heavy atom. The summed E-state index contributed by atoms with van der Waals surface area (Å²) in [6.07, 6.45) is 1.13. The van der Waals surface area contributed by atoms with Crippen LogP contribution in [0.2, 0.25) is 5.02 Å². The lowest BCUT2D eigenvalue weighted by atomic mass is 10.3. The fourth-order valence-corrected chi connectivity index (χ4v) is 1.35. The van der Waals surface area contributed by atoms with Gasteiger partial charge >= 0.3 is 0 Å². The van der Waals surface area contributed by atoms with Crippen molar-refractivity contribution < 1.29 is 9.66 Å². The van der Waals surface area contributed by atoms with Crippen molar-refractivity contribution in [3.8, 4) is 11.6 Å². The molecule has 1 aromatic heterocycles. The van der Waals surface area contributed by atoms with Crippen LogP contribution < -0.4 is 10.3 Å². The van der Waals surface area contributed by atoms with E-state index in [2.05, 4.69) is 9.97 Å². The third-order valence-corrected chi connectivity index (χ3v) is 2.34. The molecular formula is C10H6ClN3O4. The Morgan fingerprint density at radius 1 is 1.44 bits per heavy atom. The molecule has 1 heterocycles. The predicted octanol–water partition coefficient (Wildman–Crippen LogP) is 2.12. The van der Waals surface area contributed by atoms with Crippen LogP contribution in [0, 0.1) is 10.1 Å². The van der Waals surface area contributed by atoms with E-state index < -0.39 is 10.5 Å². The van der Waals surface area contributed by atoms with Crippen LogP contribution in [-0.4, -0.2) is 14.9 Å². The van der Waals surface area contributed by atoms with E-state index in [-0.39, 0.29) is 22.3 Å². The number of ether oxygens (including phenoxy) is 1. The van der Waals surface area contributed by atoms with Gasteiger partial charge in [0.25, 0.3) is 11.2 Å². The van der Waals surface area contributed by atoms with E-state index in [4.69, 9.17) is 16.3 Å². The molecule has 0 atom stereocenters. The Balaban J connectivity index is 2.34. The fourth-order valence-electron chi connectivity index (χ4n) is 1.21. The zero-order valence-electron chi connectivity index (χ0n) is 8.79. The van der Waals surface area contributed by atoms with Crippen molar-refractivity contribution in [1.82, 2.24) is 9.97 Å². The Morgan fingerprint density at radius 3 is 2.94 bits per heavy atom. The highest BCUT2D eigenvalue weighted by atomic mass is 35.5. The van der Waals surface area contributed by atoms with Gasteiger partial charge in [-0.15, -0.1) is 0 Å². The Kier molecular flexibility index (Phi) is 3.24. The first kappa shape index (κ1) is 12.1. The second kappa shape index (κ2) is 4.84. The second-order valence-corrected chi connectivity index (χ2v) is 3.59. The van der Waals surface area contributed by atoms with Crippen molar-refractivity contribution in [3.05, 3.63) is 56.1 Å². The van der Waals surface area contributed by atoms with Crippen molar-refractivity contribution in [2.75, 3.05) is 0 Å². The number of hydrogen-bond donors (Lipinski definition) is 1. The van der Waals surface area contributed by atoms with Gasteiger partial charge in [-0.3, -0.25) is 14.9 Å². The van der Waals surface area contributed by atoms with Gasteiger partial charge in [0.1, 0.15) is 5.75 Å². The number of halogens is 1. The fraction of sp³-hybridized carbons (Fsp3) is 0. The molecule has 0 saturated carbocycles. The lowest BCUT2D eigenvalue weighted by molar-refractivity contribution is -0.384. The first-order chi connectivity index (χ1) is 8.58. The molecule has 0 saturated heterocycles. The minimum Gasteiger partial charge on any atom is -0.437 e. The molecule has 0 radical (unpaired) electrons. The predicted molar refractivity (Wildman–Crippen MR) is 63.0 cm³/mol. The Labute approximate surface area is 105 Å². The summed E-state index contributed by atoms with van der Waals surface area (Å²) in [4.78, 5) is 27.2. The van der Waals surface area contributed by atoms with Gasteiger partial charge in [0.15, 0.2) is 5.02 Å². The average Bonchev–Trinajstić information content (AvgIpc) is 2.35. The SMILES string of the molecule is O=c1[nH]cnc(Oc2cccc([N+](=O)[O-])c2)c1Cl. The molecule has 0 bridgehead atoms. The molecule has 0 fully saturated rings. The van der Waals surface area contributed by atoms with E-state index in [1.807, 2.05) is 0 Å². The standard InChI is InChI=1S/C10H6ClN3O4/c11-8-9(15)12-5-13-10(8)18-7-3-1-2-6(4-7)14(16)17/h1-5H,(H,12,13,15). The number of hydrogen-bond acceptors (Lipinski definition) is 5. The van der Waals surface area contributed by atoms with E-state index in [9.17, 15) is 14.9 Å². The number of nitrogens with zero attached hydrogens (tertiary/aromatic N) is 2. The van der Waals surface area contributed by atoms with Gasteiger partial charge in [-0.25, -0.2) is 4.98 Å². The van der Waals surface area contributed by atoms with Crippen LogP contribution in [0.15, 0.2) is 35.4 Å². The highest BCUT2D eigenvalue weighted by Gasteiger charge is 2.11. The van der Waals surface area contributed by atoms with Crippen LogP contribution in [0.5, 0.6) is 11.6 Å². The monoisotopic (exact) mass is 267 g/mol. The molecule has 0 amide bonds. The summed E-state index contributed by atoms with van der Waals surface area (Å²) in [6.45, 7) is 0. The maximum atomic E-state index is 11.2. The lowest BCUT2D eigenvalue weighted by Crippen LogP contribution is -2.07. The Bertz CT molecular complexity index is 656. The van der Waals surface area contributed by atoms with Crippen molar-refractivity contribution in [3.63, 3.8) is 0 Å². The minimum atomic E-state index is -0.556. The summed E-state index contributed by atoms with van der Waals surface area (Å²) >= 11 is 5.68. The highest BCUT2D eigenvalue weighted by Crippen LogP contribution is 2.26. The first-order valence-corrected chi connectivity index (χ1v) is 5.11. The number of aromatic nitrogens is 2. The summed E-state index contributed by atoms with van der Waals surface area (Å²) in [5.41, 5.74) is -0.680. The molecule has 1 N–H and O–H groups in total. The van der Waals surface area contributed by atoms with Crippen molar-refractivity contribution in [1.29, 1.82) is 0 Å². The molecule has 0 unspecified atom stereocenters. The van der Waals surface area contributed by atoms with Crippen molar-refractivity contribution >= 4 is 17.3 Å². The van der Waals surface area contributed by atoms with Gasteiger partial charge in [-0.1, -0.05) is 17.7 Å². The van der Waals surface area contributed by atoms with Gasteiger partial charge in [0.05, 0.1) is 17.3 Å². The van der Waals surface area contributed by atoms with Gasteiger partial charge < -0.3 is 9.72 Å². The van der Waals surface area contributed by atoms with Crippen molar-refractivity contribution in [2.24, 2.45) is 0 Å². The zero-order valence-corrected chi connectivity index (χ0v) is 9.55. The number of rotatable bonds is 3. The van der Waals surface area contributed by atoms with E-state index in [1.165, 1.54) is 24.3 Å². The molecule has 0 aliphatic carbocycles. The molecule has 7 nitrogen and oxygen atoms in total. The van der Waals surface area contributed by atoms with E-state index in [0.29, 0.717) is 0 Å². The molecule has 18 heavy (non-hydrogen) atoms. The van der Waals surface area contributed by atoms with E-state index in [1.54, 1.807) is 0 Å². The maximum Gasteiger partial charge on any atom is 0.273 e. The second-order valence-electron chi connectivity index (χ2n) is 3.21. The first-order valence-electron chi connectivity index (χ1n) is 4.73. The van der Waals surface area contributed by atoms with Gasteiger partial charge in [0, 0.05) is 6.07 Å². The molecule has 8 heteroatoms. The third kappa shape index (κ3) is 2.46. The molecule has 2 rings (SSSR count). The number of nitro groups is 1. The van der Waals surface area contributed by atoms with Crippen LogP contribution in [-0.2, 0) is 0 Å². The van der Waals surface area contributed by atoms with Crippen LogP contribution in [0.1, 0.15) is 0 Å². The number of non-ortho nitro benzene ring substituents is 1.